The molecule has 8 nitrogen and oxygen atoms in total. The Morgan fingerprint density at radius 2 is 1.94 bits per heavy atom. The summed E-state index contributed by atoms with van der Waals surface area (Å²) in [7, 11) is 0. The molecule has 0 unspecified atom stereocenters. The van der Waals surface area contributed by atoms with Gasteiger partial charge in [0, 0.05) is 53.9 Å². The van der Waals surface area contributed by atoms with Crippen LogP contribution in [0.2, 0.25) is 5.02 Å². The van der Waals surface area contributed by atoms with Gasteiger partial charge >= 0.3 is 0 Å². The molecule has 0 radical (unpaired) electrons. The first-order chi connectivity index (χ1) is 15.6. The number of hydrogen-bond donors (Lipinski definition) is 0. The number of carbonyl (C=O) groups is 1. The van der Waals surface area contributed by atoms with Gasteiger partial charge in [0.15, 0.2) is 0 Å². The first kappa shape index (κ1) is 20.6. The molecule has 0 aliphatic carbocycles. The van der Waals surface area contributed by atoms with Crippen LogP contribution in [0, 0.1) is 0 Å². The molecule has 162 valence electrons. The highest BCUT2D eigenvalue weighted by Crippen LogP contribution is 2.32. The van der Waals surface area contributed by atoms with Crippen molar-refractivity contribution in [2.45, 2.75) is 19.5 Å². The first-order valence-electron chi connectivity index (χ1n) is 10.6. The van der Waals surface area contributed by atoms with Crippen LogP contribution in [0.3, 0.4) is 0 Å². The Hall–Kier alpha value is -3.32. The van der Waals surface area contributed by atoms with Crippen LogP contribution in [0.25, 0.3) is 10.4 Å². The zero-order chi connectivity index (χ0) is 22.1. The minimum atomic E-state index is 0.0272. The molecule has 3 heterocycles. The van der Waals surface area contributed by atoms with E-state index in [4.69, 9.17) is 17.1 Å². The highest BCUT2D eigenvalue weighted by molar-refractivity contribution is 6.30. The van der Waals surface area contributed by atoms with E-state index in [0.717, 1.165) is 47.9 Å². The molecule has 5 rings (SSSR count). The van der Waals surface area contributed by atoms with Gasteiger partial charge < -0.3 is 4.90 Å². The molecule has 1 amide bonds. The quantitative estimate of drug-likeness (QED) is 0.385. The number of nitrogens with zero attached hydrogens (tertiary/aromatic N) is 7. The molecule has 0 atom stereocenters. The fourth-order valence-corrected chi connectivity index (χ4v) is 4.68. The highest BCUT2D eigenvalue weighted by atomic mass is 35.5. The van der Waals surface area contributed by atoms with E-state index >= 15 is 0 Å². The number of azide groups is 1. The second-order valence-electron chi connectivity index (χ2n) is 8.10. The number of halogens is 1. The van der Waals surface area contributed by atoms with Gasteiger partial charge in [0.25, 0.3) is 5.91 Å². The number of amides is 1. The number of benzene rings is 2. The summed E-state index contributed by atoms with van der Waals surface area (Å²) in [5.74, 6) is 0.790. The van der Waals surface area contributed by atoms with Crippen molar-refractivity contribution in [3.05, 3.63) is 86.4 Å². The fourth-order valence-electron chi connectivity index (χ4n) is 4.55. The zero-order valence-electron chi connectivity index (χ0n) is 17.5. The van der Waals surface area contributed by atoms with Gasteiger partial charge in [-0.25, -0.2) is 0 Å². The smallest absolute Gasteiger partial charge is 0.259 e. The SMILES string of the molecule is [N-]=[N+]=Nc1cccc(CN2CCC3=C(C2)C(=O)N(Cc2ccc(Cl)cc2)C2=NCCN23)c1. The normalized spacial score (nSPS) is 18.3. The molecule has 32 heavy (non-hydrogen) atoms. The molecule has 3 aliphatic rings. The molecule has 0 saturated carbocycles. The van der Waals surface area contributed by atoms with Gasteiger partial charge in [0.1, 0.15) is 0 Å². The maximum Gasteiger partial charge on any atom is 0.259 e. The van der Waals surface area contributed by atoms with E-state index < -0.39 is 0 Å². The molecular formula is C23H22ClN7O. The van der Waals surface area contributed by atoms with Crippen molar-refractivity contribution in [2.75, 3.05) is 26.2 Å². The molecule has 0 saturated heterocycles. The predicted octanol–water partition coefficient (Wildman–Crippen LogP) is 4.46. The lowest BCUT2D eigenvalue weighted by molar-refractivity contribution is -0.125. The van der Waals surface area contributed by atoms with Crippen LogP contribution in [0.4, 0.5) is 5.69 Å². The Balaban J connectivity index is 1.38. The number of hydrogen-bond acceptors (Lipinski definition) is 5. The number of aliphatic imine (C=N–C) groups is 1. The third kappa shape index (κ3) is 3.96. The molecule has 0 spiro atoms. The molecule has 0 bridgehead atoms. The molecule has 0 N–H and O–H groups in total. The van der Waals surface area contributed by atoms with Crippen molar-refractivity contribution < 1.29 is 4.79 Å². The van der Waals surface area contributed by atoms with E-state index in [1.54, 1.807) is 11.0 Å². The fraction of sp³-hybridized carbons (Fsp3) is 0.304. The van der Waals surface area contributed by atoms with Crippen molar-refractivity contribution >= 4 is 29.2 Å². The minimum absolute atomic E-state index is 0.0272. The Bertz CT molecular complexity index is 1170. The number of rotatable bonds is 5. The maximum absolute atomic E-state index is 13.6. The van der Waals surface area contributed by atoms with Crippen LogP contribution in [-0.4, -0.2) is 52.7 Å². The van der Waals surface area contributed by atoms with E-state index in [9.17, 15) is 4.79 Å². The largest absolute Gasteiger partial charge is 0.314 e. The zero-order valence-corrected chi connectivity index (χ0v) is 18.2. The molecule has 3 aliphatic heterocycles. The second-order valence-corrected chi connectivity index (χ2v) is 8.53. The summed E-state index contributed by atoms with van der Waals surface area (Å²) in [4.78, 5) is 27.3. The van der Waals surface area contributed by atoms with Crippen LogP contribution in [0.1, 0.15) is 17.5 Å². The highest BCUT2D eigenvalue weighted by Gasteiger charge is 2.40. The van der Waals surface area contributed by atoms with Crippen molar-refractivity contribution in [1.82, 2.24) is 14.7 Å². The third-order valence-corrected chi connectivity index (χ3v) is 6.27. The van der Waals surface area contributed by atoms with Gasteiger partial charge in [-0.05, 0) is 34.9 Å². The van der Waals surface area contributed by atoms with Crippen LogP contribution in [0.5, 0.6) is 0 Å². The first-order valence-corrected chi connectivity index (χ1v) is 11.0. The Kier molecular flexibility index (Phi) is 5.57. The summed E-state index contributed by atoms with van der Waals surface area (Å²) < 4.78 is 0. The Labute approximate surface area is 191 Å². The van der Waals surface area contributed by atoms with E-state index in [2.05, 4.69) is 24.8 Å². The monoisotopic (exact) mass is 447 g/mol. The van der Waals surface area contributed by atoms with Crippen LogP contribution in [0.15, 0.2) is 69.9 Å². The van der Waals surface area contributed by atoms with E-state index in [-0.39, 0.29) is 5.91 Å². The van der Waals surface area contributed by atoms with Crippen molar-refractivity contribution in [3.63, 3.8) is 0 Å². The minimum Gasteiger partial charge on any atom is -0.314 e. The third-order valence-electron chi connectivity index (χ3n) is 6.01. The molecule has 2 aromatic carbocycles. The van der Waals surface area contributed by atoms with E-state index in [1.165, 1.54) is 0 Å². The van der Waals surface area contributed by atoms with Crippen molar-refractivity contribution in [2.24, 2.45) is 10.1 Å². The number of carbonyl (C=O) groups excluding carboxylic acids is 1. The molecule has 2 aromatic rings. The predicted molar refractivity (Wildman–Crippen MR) is 123 cm³/mol. The maximum atomic E-state index is 13.6. The van der Waals surface area contributed by atoms with Crippen LogP contribution < -0.4 is 0 Å². The Morgan fingerprint density at radius 1 is 1.09 bits per heavy atom. The lowest BCUT2D eigenvalue weighted by Crippen LogP contribution is -2.53. The van der Waals surface area contributed by atoms with Crippen LogP contribution in [-0.2, 0) is 17.9 Å². The van der Waals surface area contributed by atoms with E-state index in [1.807, 2.05) is 42.5 Å². The van der Waals surface area contributed by atoms with Crippen molar-refractivity contribution in [1.29, 1.82) is 0 Å². The molecular weight excluding hydrogens is 426 g/mol. The van der Waals surface area contributed by atoms with Gasteiger partial charge in [0.05, 0.1) is 18.7 Å². The van der Waals surface area contributed by atoms with Gasteiger partial charge in [-0.15, -0.1) is 0 Å². The number of fused-ring (bicyclic) bond motifs is 2. The topological polar surface area (TPSA) is 87.9 Å². The van der Waals surface area contributed by atoms with Crippen molar-refractivity contribution in [3.8, 4) is 0 Å². The second kappa shape index (κ2) is 8.67. The lowest BCUT2D eigenvalue weighted by atomic mass is 10.00. The average Bonchev–Trinajstić information content (AvgIpc) is 3.28. The van der Waals surface area contributed by atoms with Crippen LogP contribution >= 0.6 is 11.6 Å². The lowest BCUT2D eigenvalue weighted by Gasteiger charge is -2.42. The van der Waals surface area contributed by atoms with Gasteiger partial charge in [-0.1, -0.05) is 47.0 Å². The van der Waals surface area contributed by atoms with Gasteiger partial charge in [0.2, 0.25) is 5.96 Å². The van der Waals surface area contributed by atoms with Gasteiger partial charge in [-0.2, -0.15) is 0 Å². The summed E-state index contributed by atoms with van der Waals surface area (Å²) in [6.45, 7) is 4.12. The molecule has 9 heteroatoms. The average molecular weight is 448 g/mol. The van der Waals surface area contributed by atoms with Gasteiger partial charge in [-0.3, -0.25) is 19.6 Å². The summed E-state index contributed by atoms with van der Waals surface area (Å²) in [6, 6.07) is 15.2. The summed E-state index contributed by atoms with van der Waals surface area (Å²) in [5.41, 5.74) is 13.3. The van der Waals surface area contributed by atoms with E-state index in [0.29, 0.717) is 36.9 Å². The standard InChI is InChI=1S/C23H22ClN7O/c24-18-6-4-16(5-7-18)14-31-22(32)20-15-29(10-8-21(20)30-11-9-26-23(30)31)13-17-2-1-3-19(12-17)27-28-25/h1-7,12H,8-11,13-15H2. The molecule has 0 fully saturated rings. The molecule has 0 aromatic heterocycles. The summed E-state index contributed by atoms with van der Waals surface area (Å²) >= 11 is 6.02. The Morgan fingerprint density at radius 3 is 2.75 bits per heavy atom. The number of guanidine groups is 1. The summed E-state index contributed by atoms with van der Waals surface area (Å²) in [5, 5.41) is 4.37. The summed E-state index contributed by atoms with van der Waals surface area (Å²) in [6.07, 6.45) is 0.810.